The van der Waals surface area contributed by atoms with Crippen LogP contribution in [0.25, 0.3) is 45.3 Å². The van der Waals surface area contributed by atoms with E-state index in [-0.39, 0.29) is 0 Å². The molecule has 0 radical (unpaired) electrons. The minimum atomic E-state index is 0.501. The van der Waals surface area contributed by atoms with Crippen LogP contribution >= 0.6 is 0 Å². The molecule has 5 aromatic rings. The van der Waals surface area contributed by atoms with E-state index in [1.807, 2.05) is 0 Å². The van der Waals surface area contributed by atoms with Crippen molar-refractivity contribution in [1.29, 1.82) is 0 Å². The van der Waals surface area contributed by atoms with Gasteiger partial charge in [0.05, 0.1) is 0 Å². The van der Waals surface area contributed by atoms with Crippen molar-refractivity contribution in [2.75, 3.05) is 0 Å². The van der Waals surface area contributed by atoms with E-state index in [0.29, 0.717) is 47.1 Å². The molecule has 248 valence electrons. The Labute approximate surface area is 289 Å². The fourth-order valence-corrected chi connectivity index (χ4v) is 7.32. The van der Waals surface area contributed by atoms with Crippen molar-refractivity contribution in [2.45, 2.75) is 104 Å². The van der Waals surface area contributed by atoms with E-state index in [0.717, 1.165) is 22.3 Å². The summed E-state index contributed by atoms with van der Waals surface area (Å²) in [6, 6.07) is 35.6. The maximum absolute atomic E-state index is 5.18. The molecule has 3 nitrogen and oxygen atoms in total. The quantitative estimate of drug-likeness (QED) is 0.145. The van der Waals surface area contributed by atoms with E-state index >= 15 is 0 Å². The molecule has 4 unspecified atom stereocenters. The predicted octanol–water partition coefficient (Wildman–Crippen LogP) is 12.9. The number of hydrogen-bond donors (Lipinski definition) is 0. The van der Waals surface area contributed by atoms with Gasteiger partial charge in [-0.1, -0.05) is 171 Å². The van der Waals surface area contributed by atoms with Gasteiger partial charge in [-0.05, 0) is 70.2 Å². The Morgan fingerprint density at radius 2 is 1.02 bits per heavy atom. The second-order valence-corrected chi connectivity index (χ2v) is 14.4. The molecule has 4 aromatic carbocycles. The van der Waals surface area contributed by atoms with Crippen LogP contribution in [0.1, 0.15) is 121 Å². The summed E-state index contributed by atoms with van der Waals surface area (Å²) < 4.78 is 0. The molecular weight excluding hydrogens is 583 g/mol. The minimum Gasteiger partial charge on any atom is -0.208 e. The first-order chi connectivity index (χ1) is 23.4. The van der Waals surface area contributed by atoms with Crippen molar-refractivity contribution in [3.63, 3.8) is 0 Å². The van der Waals surface area contributed by atoms with Gasteiger partial charge in [0, 0.05) is 16.7 Å². The Morgan fingerprint density at radius 3 is 1.54 bits per heavy atom. The minimum absolute atomic E-state index is 0.501. The van der Waals surface area contributed by atoms with Gasteiger partial charge < -0.3 is 0 Å². The first-order valence-corrected chi connectivity index (χ1v) is 18.5. The highest BCUT2D eigenvalue weighted by Gasteiger charge is 2.20. The molecule has 0 N–H and O–H groups in total. The van der Waals surface area contributed by atoms with E-state index in [9.17, 15) is 0 Å². The lowest BCUT2D eigenvalue weighted by molar-refractivity contribution is 0.444. The van der Waals surface area contributed by atoms with E-state index < -0.39 is 0 Å². The number of nitrogens with zero attached hydrogens (tertiary/aromatic N) is 3. The Balaban J connectivity index is 1.44. The summed E-state index contributed by atoms with van der Waals surface area (Å²) in [7, 11) is 0. The van der Waals surface area contributed by atoms with Gasteiger partial charge in [-0.25, -0.2) is 15.0 Å². The van der Waals surface area contributed by atoms with Gasteiger partial charge in [0.15, 0.2) is 17.5 Å². The molecule has 1 aliphatic carbocycles. The molecule has 0 spiro atoms. The van der Waals surface area contributed by atoms with Gasteiger partial charge >= 0.3 is 0 Å². The Kier molecular flexibility index (Phi) is 10.8. The van der Waals surface area contributed by atoms with E-state index in [1.165, 1.54) is 67.2 Å². The van der Waals surface area contributed by atoms with Gasteiger partial charge in [-0.3, -0.25) is 0 Å². The summed E-state index contributed by atoms with van der Waals surface area (Å²) in [5, 5.41) is 0. The molecule has 4 atom stereocenters. The van der Waals surface area contributed by atoms with Gasteiger partial charge in [0.2, 0.25) is 0 Å². The van der Waals surface area contributed by atoms with E-state index in [2.05, 4.69) is 139 Å². The monoisotopic (exact) mass is 635 g/mol. The summed E-state index contributed by atoms with van der Waals surface area (Å²) in [6.07, 6.45) is 8.93. The van der Waals surface area contributed by atoms with Crippen LogP contribution in [0.3, 0.4) is 0 Å². The van der Waals surface area contributed by atoms with Crippen LogP contribution < -0.4 is 0 Å². The third kappa shape index (κ3) is 7.46. The SMILES string of the molecule is CCC(C)C(C)c1ccc(-c2nc(-c3ccc(C(C)C(C)CC)cc3)nc(-c3ccccc3-c3cccc(C4CCCCC4)c3)n2)cc1. The molecule has 1 saturated carbocycles. The Hall–Kier alpha value is -4.11. The number of aromatic nitrogens is 3. The summed E-state index contributed by atoms with van der Waals surface area (Å²) >= 11 is 0. The lowest BCUT2D eigenvalue weighted by atomic mass is 9.83. The van der Waals surface area contributed by atoms with Gasteiger partial charge in [-0.15, -0.1) is 0 Å². The largest absolute Gasteiger partial charge is 0.208 e. The molecule has 6 rings (SSSR count). The van der Waals surface area contributed by atoms with Crippen LogP contribution in [-0.2, 0) is 0 Å². The van der Waals surface area contributed by atoms with E-state index in [4.69, 9.17) is 15.0 Å². The first kappa shape index (κ1) is 33.8. The summed E-state index contributed by atoms with van der Waals surface area (Å²) in [6.45, 7) is 13.9. The molecule has 1 aromatic heterocycles. The van der Waals surface area contributed by atoms with Crippen molar-refractivity contribution in [2.24, 2.45) is 11.8 Å². The average molecular weight is 636 g/mol. The fourth-order valence-electron chi connectivity index (χ4n) is 7.32. The highest BCUT2D eigenvalue weighted by atomic mass is 15.0. The van der Waals surface area contributed by atoms with Crippen LogP contribution in [-0.4, -0.2) is 15.0 Å². The molecule has 0 saturated heterocycles. The van der Waals surface area contributed by atoms with Crippen molar-refractivity contribution in [3.8, 4) is 45.3 Å². The second-order valence-electron chi connectivity index (χ2n) is 14.4. The van der Waals surface area contributed by atoms with Gasteiger partial charge in [-0.2, -0.15) is 0 Å². The van der Waals surface area contributed by atoms with E-state index in [1.54, 1.807) is 0 Å². The van der Waals surface area contributed by atoms with Crippen LogP contribution in [0.15, 0.2) is 97.1 Å². The molecule has 48 heavy (non-hydrogen) atoms. The third-order valence-corrected chi connectivity index (χ3v) is 11.5. The number of hydrogen-bond acceptors (Lipinski definition) is 3. The first-order valence-electron chi connectivity index (χ1n) is 18.5. The van der Waals surface area contributed by atoms with Crippen LogP contribution in [0.2, 0.25) is 0 Å². The number of benzene rings is 4. The lowest BCUT2D eigenvalue weighted by Crippen LogP contribution is -2.06. The highest BCUT2D eigenvalue weighted by Crippen LogP contribution is 2.38. The highest BCUT2D eigenvalue weighted by molar-refractivity contribution is 5.82. The van der Waals surface area contributed by atoms with Crippen molar-refractivity contribution in [1.82, 2.24) is 15.0 Å². The van der Waals surface area contributed by atoms with Crippen LogP contribution in [0.4, 0.5) is 0 Å². The molecule has 0 aliphatic heterocycles. The molecule has 1 fully saturated rings. The van der Waals surface area contributed by atoms with Crippen molar-refractivity contribution >= 4 is 0 Å². The van der Waals surface area contributed by atoms with Crippen LogP contribution in [0.5, 0.6) is 0 Å². The van der Waals surface area contributed by atoms with Gasteiger partial charge in [0.25, 0.3) is 0 Å². The molecular formula is C45H53N3. The van der Waals surface area contributed by atoms with Crippen molar-refractivity contribution in [3.05, 3.63) is 114 Å². The molecule has 1 aliphatic rings. The molecule has 0 bridgehead atoms. The third-order valence-electron chi connectivity index (χ3n) is 11.5. The lowest BCUT2D eigenvalue weighted by Gasteiger charge is -2.22. The fraction of sp³-hybridized carbons (Fsp3) is 0.400. The Bertz CT molecular complexity index is 1710. The topological polar surface area (TPSA) is 38.7 Å². The Morgan fingerprint density at radius 1 is 0.521 bits per heavy atom. The predicted molar refractivity (Wildman–Crippen MR) is 203 cm³/mol. The summed E-state index contributed by atoms with van der Waals surface area (Å²) in [4.78, 5) is 15.5. The maximum atomic E-state index is 5.18. The zero-order valence-electron chi connectivity index (χ0n) is 29.9. The standard InChI is InChI=1S/C45H53N3/c1-7-30(3)32(5)34-21-25-37(26-22-34)43-46-44(38-27-23-35(24-28-38)33(6)31(4)8-2)48-45(47-43)42-20-13-12-19-41(42)40-18-14-17-39(29-40)36-15-10-9-11-16-36/h12-14,17-33,36H,7-11,15-16H2,1-6H3. The zero-order chi connectivity index (χ0) is 33.6. The summed E-state index contributed by atoms with van der Waals surface area (Å²) in [5.41, 5.74) is 9.62. The maximum Gasteiger partial charge on any atom is 0.164 e. The number of rotatable bonds is 11. The summed E-state index contributed by atoms with van der Waals surface area (Å²) in [5.74, 6) is 5.04. The van der Waals surface area contributed by atoms with Crippen LogP contribution in [0, 0.1) is 11.8 Å². The zero-order valence-corrected chi connectivity index (χ0v) is 29.9. The smallest absolute Gasteiger partial charge is 0.164 e. The second kappa shape index (κ2) is 15.4. The molecule has 0 amide bonds. The molecule has 3 heteroatoms. The van der Waals surface area contributed by atoms with Gasteiger partial charge in [0.1, 0.15) is 0 Å². The van der Waals surface area contributed by atoms with Crippen molar-refractivity contribution < 1.29 is 0 Å². The molecule has 1 heterocycles. The normalized spacial score (nSPS) is 16.3. The average Bonchev–Trinajstić information content (AvgIpc) is 3.17.